The Labute approximate surface area is 153 Å². The van der Waals surface area contributed by atoms with Crippen molar-refractivity contribution in [2.75, 3.05) is 7.11 Å². The molecule has 1 heteroatoms. The molecule has 0 aliphatic heterocycles. The molecule has 2 aromatic rings. The minimum Gasteiger partial charge on any atom is -0.496 e. The van der Waals surface area contributed by atoms with Gasteiger partial charge in [0.2, 0.25) is 0 Å². The van der Waals surface area contributed by atoms with Crippen molar-refractivity contribution in [2.45, 2.75) is 54.9 Å². The summed E-state index contributed by atoms with van der Waals surface area (Å²) in [5.74, 6) is 0.946. The van der Waals surface area contributed by atoms with Crippen LogP contribution in [-0.2, 0) is 6.42 Å². The molecule has 0 radical (unpaired) electrons. The molecule has 0 heterocycles. The quantitative estimate of drug-likeness (QED) is 0.584. The second-order valence-corrected chi connectivity index (χ2v) is 8.03. The first-order valence-corrected chi connectivity index (χ1v) is 9.15. The number of allylic oxidation sites excluding steroid dienone is 2. The van der Waals surface area contributed by atoms with Crippen molar-refractivity contribution in [1.82, 2.24) is 0 Å². The summed E-state index contributed by atoms with van der Waals surface area (Å²) in [6.07, 6.45) is 3.38. The zero-order valence-corrected chi connectivity index (χ0v) is 17.1. The van der Waals surface area contributed by atoms with Gasteiger partial charge in [-0.2, -0.15) is 0 Å². The van der Waals surface area contributed by atoms with Gasteiger partial charge in [-0.25, -0.2) is 0 Å². The summed E-state index contributed by atoms with van der Waals surface area (Å²) in [7, 11) is 1.75. The monoisotopic (exact) mass is 336 g/mol. The summed E-state index contributed by atoms with van der Waals surface area (Å²) in [5, 5.41) is 0. The van der Waals surface area contributed by atoms with Gasteiger partial charge in [-0.1, -0.05) is 58.0 Å². The van der Waals surface area contributed by atoms with Crippen molar-refractivity contribution in [3.63, 3.8) is 0 Å². The fourth-order valence-electron chi connectivity index (χ4n) is 3.68. The fourth-order valence-corrected chi connectivity index (χ4v) is 3.68. The van der Waals surface area contributed by atoms with E-state index in [0.717, 1.165) is 12.2 Å². The van der Waals surface area contributed by atoms with Crippen LogP contribution in [-0.4, -0.2) is 7.11 Å². The van der Waals surface area contributed by atoms with Gasteiger partial charge in [-0.05, 0) is 72.1 Å². The predicted octanol–water partition coefficient (Wildman–Crippen LogP) is 6.99. The molecule has 2 aromatic carbocycles. The first kappa shape index (κ1) is 19.3. The Hall–Kier alpha value is -2.02. The minimum absolute atomic E-state index is 0.166. The minimum atomic E-state index is 0.166. The van der Waals surface area contributed by atoms with E-state index in [1.54, 1.807) is 7.11 Å². The highest BCUT2D eigenvalue weighted by Gasteiger charge is 2.17. The molecule has 134 valence electrons. The van der Waals surface area contributed by atoms with Crippen LogP contribution in [0.1, 0.15) is 56.9 Å². The molecule has 25 heavy (non-hydrogen) atoms. The molecule has 0 aliphatic carbocycles. The average molecular weight is 337 g/mol. The van der Waals surface area contributed by atoms with E-state index in [9.17, 15) is 0 Å². The molecular formula is C24H32O. The van der Waals surface area contributed by atoms with Gasteiger partial charge in [-0.3, -0.25) is 0 Å². The summed E-state index contributed by atoms with van der Waals surface area (Å²) >= 11 is 0. The van der Waals surface area contributed by atoms with Crippen molar-refractivity contribution in [3.05, 3.63) is 58.7 Å². The third kappa shape index (κ3) is 4.34. The van der Waals surface area contributed by atoms with Crippen LogP contribution in [0, 0.1) is 19.3 Å². The predicted molar refractivity (Wildman–Crippen MR) is 110 cm³/mol. The lowest BCUT2D eigenvalue weighted by molar-refractivity contribution is 0.416. The standard InChI is InChI=1S/C24H32O/c1-9-19-20(21-12-10-16(2)14-22(21)25-8)13-11-17(3)23(19)18(4)15-24(5,6)7/h10-15H,9H2,1-8H3/b18-15-. The van der Waals surface area contributed by atoms with Gasteiger partial charge in [-0.15, -0.1) is 0 Å². The molecule has 0 atom stereocenters. The number of ether oxygens (including phenoxy) is 1. The van der Waals surface area contributed by atoms with E-state index in [1.807, 2.05) is 0 Å². The highest BCUT2D eigenvalue weighted by Crippen LogP contribution is 2.38. The van der Waals surface area contributed by atoms with Crippen molar-refractivity contribution in [2.24, 2.45) is 5.41 Å². The van der Waals surface area contributed by atoms with Gasteiger partial charge < -0.3 is 4.74 Å². The van der Waals surface area contributed by atoms with Crippen LogP contribution in [0.2, 0.25) is 0 Å². The van der Waals surface area contributed by atoms with Crippen LogP contribution in [0.3, 0.4) is 0 Å². The van der Waals surface area contributed by atoms with E-state index in [2.05, 4.69) is 84.9 Å². The summed E-state index contributed by atoms with van der Waals surface area (Å²) in [5.41, 5.74) is 9.32. The van der Waals surface area contributed by atoms with Crippen LogP contribution >= 0.6 is 0 Å². The van der Waals surface area contributed by atoms with Crippen LogP contribution < -0.4 is 4.74 Å². The van der Waals surface area contributed by atoms with E-state index < -0.39 is 0 Å². The van der Waals surface area contributed by atoms with E-state index in [4.69, 9.17) is 4.74 Å². The zero-order valence-electron chi connectivity index (χ0n) is 17.1. The molecule has 0 N–H and O–H groups in total. The van der Waals surface area contributed by atoms with Gasteiger partial charge in [0.05, 0.1) is 7.11 Å². The number of hydrogen-bond acceptors (Lipinski definition) is 1. The number of hydrogen-bond donors (Lipinski definition) is 0. The molecule has 0 fully saturated rings. The molecule has 0 unspecified atom stereocenters. The Bertz CT molecular complexity index is 788. The van der Waals surface area contributed by atoms with Crippen molar-refractivity contribution < 1.29 is 4.74 Å². The first-order chi connectivity index (χ1) is 11.7. The maximum absolute atomic E-state index is 5.68. The molecule has 0 aromatic heterocycles. The second kappa shape index (κ2) is 7.47. The van der Waals surface area contributed by atoms with Gasteiger partial charge in [0.15, 0.2) is 0 Å². The molecule has 0 spiro atoms. The lowest BCUT2D eigenvalue weighted by Gasteiger charge is -2.21. The number of benzene rings is 2. The number of rotatable bonds is 4. The number of aryl methyl sites for hydroxylation is 2. The highest BCUT2D eigenvalue weighted by atomic mass is 16.5. The Morgan fingerprint density at radius 2 is 1.68 bits per heavy atom. The Balaban J connectivity index is 2.75. The second-order valence-electron chi connectivity index (χ2n) is 8.03. The van der Waals surface area contributed by atoms with Crippen molar-refractivity contribution in [1.29, 1.82) is 0 Å². The normalized spacial score (nSPS) is 12.4. The molecule has 2 rings (SSSR count). The average Bonchev–Trinajstić information content (AvgIpc) is 2.52. The van der Waals surface area contributed by atoms with Crippen molar-refractivity contribution in [3.8, 4) is 16.9 Å². The van der Waals surface area contributed by atoms with Crippen LogP contribution in [0.15, 0.2) is 36.4 Å². The van der Waals surface area contributed by atoms with Crippen LogP contribution in [0.4, 0.5) is 0 Å². The Morgan fingerprint density at radius 3 is 2.24 bits per heavy atom. The van der Waals surface area contributed by atoms with Gasteiger partial charge in [0, 0.05) is 5.56 Å². The van der Waals surface area contributed by atoms with E-state index >= 15 is 0 Å². The molecule has 0 amide bonds. The van der Waals surface area contributed by atoms with E-state index in [-0.39, 0.29) is 5.41 Å². The topological polar surface area (TPSA) is 9.23 Å². The molecule has 0 saturated heterocycles. The SMILES string of the molecule is CCc1c(-c2ccc(C)cc2OC)ccc(C)c1/C(C)=C\C(C)(C)C. The van der Waals surface area contributed by atoms with E-state index in [0.29, 0.717) is 0 Å². The fraction of sp³-hybridized carbons (Fsp3) is 0.417. The lowest BCUT2D eigenvalue weighted by Crippen LogP contribution is -2.04. The van der Waals surface area contributed by atoms with Crippen LogP contribution in [0.5, 0.6) is 5.75 Å². The van der Waals surface area contributed by atoms with Gasteiger partial charge in [0.25, 0.3) is 0 Å². The third-order valence-electron chi connectivity index (χ3n) is 4.57. The van der Waals surface area contributed by atoms with Gasteiger partial charge in [0.1, 0.15) is 5.75 Å². The van der Waals surface area contributed by atoms with Crippen molar-refractivity contribution >= 4 is 5.57 Å². The third-order valence-corrected chi connectivity index (χ3v) is 4.57. The van der Waals surface area contributed by atoms with Crippen LogP contribution in [0.25, 0.3) is 16.7 Å². The maximum atomic E-state index is 5.68. The zero-order chi connectivity index (χ0) is 18.8. The summed E-state index contributed by atoms with van der Waals surface area (Å²) < 4.78 is 5.68. The lowest BCUT2D eigenvalue weighted by atomic mass is 9.84. The van der Waals surface area contributed by atoms with E-state index in [1.165, 1.54) is 39.0 Å². The molecule has 0 saturated carbocycles. The highest BCUT2D eigenvalue weighted by molar-refractivity contribution is 5.81. The Morgan fingerprint density at radius 1 is 1.04 bits per heavy atom. The largest absolute Gasteiger partial charge is 0.496 e. The molecular weight excluding hydrogens is 304 g/mol. The first-order valence-electron chi connectivity index (χ1n) is 9.15. The smallest absolute Gasteiger partial charge is 0.126 e. The summed E-state index contributed by atoms with van der Waals surface area (Å²) in [6, 6.07) is 10.9. The molecule has 0 bridgehead atoms. The molecule has 1 nitrogen and oxygen atoms in total. The molecule has 0 aliphatic rings. The summed E-state index contributed by atoms with van der Waals surface area (Å²) in [6.45, 7) is 15.6. The van der Waals surface area contributed by atoms with Gasteiger partial charge >= 0.3 is 0 Å². The Kier molecular flexibility index (Phi) is 5.77. The number of methoxy groups -OCH3 is 1. The maximum Gasteiger partial charge on any atom is 0.126 e. The summed E-state index contributed by atoms with van der Waals surface area (Å²) in [4.78, 5) is 0.